The van der Waals surface area contributed by atoms with Crippen molar-refractivity contribution in [2.75, 3.05) is 19.5 Å². The Bertz CT molecular complexity index is 238. The van der Waals surface area contributed by atoms with Gasteiger partial charge in [0, 0.05) is 26.5 Å². The topological polar surface area (TPSA) is 41.0 Å². The molecule has 0 aliphatic rings. The number of hydrogen-bond acceptors (Lipinski definition) is 4. The fourth-order valence-corrected chi connectivity index (χ4v) is 0.755. The molecule has 11 heavy (non-hydrogen) atoms. The minimum Gasteiger partial charge on any atom is -0.301 e. The molecule has 0 radical (unpaired) electrons. The molecule has 0 aliphatic carbocycles. The van der Waals surface area contributed by atoms with Crippen LogP contribution in [0.1, 0.15) is 0 Å². The third-order valence-corrected chi connectivity index (χ3v) is 1.26. The van der Waals surface area contributed by atoms with Crippen molar-refractivity contribution in [2.24, 2.45) is 0 Å². The average Bonchev–Trinajstić information content (AvgIpc) is 1.93. The third-order valence-electron chi connectivity index (χ3n) is 0.983. The van der Waals surface area contributed by atoms with E-state index in [9.17, 15) is 0 Å². The van der Waals surface area contributed by atoms with Gasteiger partial charge in [-0.3, -0.25) is 0 Å². The highest BCUT2D eigenvalue weighted by atomic mass is 35.5. The number of hydrogen-bond donors (Lipinski definition) is 1. The van der Waals surface area contributed by atoms with Gasteiger partial charge in [-0.1, -0.05) is 11.6 Å². The van der Waals surface area contributed by atoms with Crippen molar-refractivity contribution in [2.45, 2.75) is 0 Å². The van der Waals surface area contributed by atoms with E-state index < -0.39 is 0 Å². The van der Waals surface area contributed by atoms with Crippen molar-refractivity contribution >= 4 is 17.4 Å². The molecule has 0 atom stereocenters. The summed E-state index contributed by atoms with van der Waals surface area (Å²) in [5.41, 5.74) is 2.90. The van der Waals surface area contributed by atoms with Crippen LogP contribution in [-0.2, 0) is 0 Å². The van der Waals surface area contributed by atoms with E-state index in [0.29, 0.717) is 11.0 Å². The SMILES string of the molecule is CN(C)Nc1nccnc1Cl. The average molecular weight is 173 g/mol. The van der Waals surface area contributed by atoms with Crippen LogP contribution in [0.15, 0.2) is 12.4 Å². The number of halogens is 1. The zero-order chi connectivity index (χ0) is 8.27. The second kappa shape index (κ2) is 3.50. The van der Waals surface area contributed by atoms with Crippen molar-refractivity contribution in [1.29, 1.82) is 0 Å². The maximum Gasteiger partial charge on any atom is 0.178 e. The monoisotopic (exact) mass is 172 g/mol. The van der Waals surface area contributed by atoms with Crippen LogP contribution in [-0.4, -0.2) is 29.1 Å². The van der Waals surface area contributed by atoms with Crippen LogP contribution in [0, 0.1) is 0 Å². The lowest BCUT2D eigenvalue weighted by molar-refractivity contribution is 0.492. The molecule has 1 aromatic rings. The zero-order valence-electron chi connectivity index (χ0n) is 6.37. The van der Waals surface area contributed by atoms with Crippen LogP contribution >= 0.6 is 11.6 Å². The van der Waals surface area contributed by atoms with Crippen LogP contribution < -0.4 is 5.43 Å². The zero-order valence-corrected chi connectivity index (χ0v) is 7.13. The predicted molar refractivity (Wildman–Crippen MR) is 44.4 cm³/mol. The van der Waals surface area contributed by atoms with Crippen LogP contribution in [0.3, 0.4) is 0 Å². The van der Waals surface area contributed by atoms with Gasteiger partial charge < -0.3 is 5.43 Å². The van der Waals surface area contributed by atoms with Gasteiger partial charge in [-0.05, 0) is 0 Å². The maximum atomic E-state index is 5.71. The fraction of sp³-hybridized carbons (Fsp3) is 0.333. The van der Waals surface area contributed by atoms with E-state index in [1.54, 1.807) is 17.4 Å². The normalized spacial score (nSPS) is 10.2. The number of aromatic nitrogens is 2. The van der Waals surface area contributed by atoms with Gasteiger partial charge in [0.2, 0.25) is 0 Å². The molecule has 0 bridgehead atoms. The third kappa shape index (κ3) is 2.32. The van der Waals surface area contributed by atoms with Crippen LogP contribution in [0.25, 0.3) is 0 Å². The summed E-state index contributed by atoms with van der Waals surface area (Å²) in [7, 11) is 3.70. The molecule has 0 fully saturated rings. The van der Waals surface area contributed by atoms with E-state index in [0.717, 1.165) is 0 Å². The van der Waals surface area contributed by atoms with Gasteiger partial charge >= 0.3 is 0 Å². The number of rotatable bonds is 2. The van der Waals surface area contributed by atoms with E-state index in [4.69, 9.17) is 11.6 Å². The molecule has 1 N–H and O–H groups in total. The molecule has 1 heterocycles. The summed E-state index contributed by atoms with van der Waals surface area (Å²) in [6, 6.07) is 0. The van der Waals surface area contributed by atoms with E-state index in [1.807, 2.05) is 14.1 Å². The Morgan fingerprint density at radius 1 is 1.36 bits per heavy atom. The lowest BCUT2D eigenvalue weighted by atomic mass is 10.7. The maximum absolute atomic E-state index is 5.71. The van der Waals surface area contributed by atoms with Gasteiger partial charge in [0.1, 0.15) is 0 Å². The molecule has 0 unspecified atom stereocenters. The van der Waals surface area contributed by atoms with Gasteiger partial charge in [-0.15, -0.1) is 0 Å². The van der Waals surface area contributed by atoms with Gasteiger partial charge in [-0.2, -0.15) is 0 Å². The second-order valence-corrected chi connectivity index (χ2v) is 2.56. The highest BCUT2D eigenvalue weighted by Crippen LogP contribution is 2.13. The van der Waals surface area contributed by atoms with Gasteiger partial charge in [0.25, 0.3) is 0 Å². The van der Waals surface area contributed by atoms with E-state index in [-0.39, 0.29) is 0 Å². The van der Waals surface area contributed by atoms with Crippen molar-refractivity contribution < 1.29 is 0 Å². The minimum atomic E-state index is 0.376. The number of anilines is 1. The second-order valence-electron chi connectivity index (χ2n) is 2.20. The summed E-state index contributed by atoms with van der Waals surface area (Å²) in [6.07, 6.45) is 3.13. The Morgan fingerprint density at radius 3 is 2.55 bits per heavy atom. The molecule has 5 heteroatoms. The van der Waals surface area contributed by atoms with E-state index >= 15 is 0 Å². The molecule has 0 aromatic carbocycles. The number of hydrazine groups is 1. The summed E-state index contributed by atoms with van der Waals surface area (Å²) >= 11 is 5.71. The first kappa shape index (κ1) is 8.23. The Kier molecular flexibility index (Phi) is 2.62. The number of nitrogens with zero attached hydrogens (tertiary/aromatic N) is 3. The molecule has 60 valence electrons. The van der Waals surface area contributed by atoms with Gasteiger partial charge in [0.15, 0.2) is 11.0 Å². The fourth-order valence-electron chi connectivity index (χ4n) is 0.608. The highest BCUT2D eigenvalue weighted by molar-refractivity contribution is 6.31. The first-order chi connectivity index (χ1) is 5.20. The Labute approximate surface area is 70.2 Å². The van der Waals surface area contributed by atoms with Crippen LogP contribution in [0.5, 0.6) is 0 Å². The summed E-state index contributed by atoms with van der Waals surface area (Å²) in [6.45, 7) is 0. The Morgan fingerprint density at radius 2 is 2.00 bits per heavy atom. The molecule has 1 aromatic heterocycles. The summed E-state index contributed by atoms with van der Waals surface area (Å²) < 4.78 is 0. The summed E-state index contributed by atoms with van der Waals surface area (Å²) in [4.78, 5) is 7.82. The standard InChI is InChI=1S/C6H9ClN4/c1-11(2)10-6-5(7)8-3-4-9-6/h3-4H,1-2H3,(H,9,10). The van der Waals surface area contributed by atoms with Crippen molar-refractivity contribution in [3.8, 4) is 0 Å². The van der Waals surface area contributed by atoms with Crippen molar-refractivity contribution in [1.82, 2.24) is 15.0 Å². The molecular formula is C6H9ClN4. The van der Waals surface area contributed by atoms with E-state index in [2.05, 4.69) is 15.4 Å². The number of nitrogens with one attached hydrogen (secondary N) is 1. The molecule has 0 saturated heterocycles. The minimum absolute atomic E-state index is 0.376. The lowest BCUT2D eigenvalue weighted by Gasteiger charge is -2.12. The first-order valence-corrected chi connectivity index (χ1v) is 3.48. The molecule has 0 aliphatic heterocycles. The molecule has 0 amide bonds. The largest absolute Gasteiger partial charge is 0.301 e. The van der Waals surface area contributed by atoms with Crippen molar-refractivity contribution in [3.63, 3.8) is 0 Å². The highest BCUT2D eigenvalue weighted by Gasteiger charge is 2.00. The van der Waals surface area contributed by atoms with Crippen molar-refractivity contribution in [3.05, 3.63) is 17.5 Å². The lowest BCUT2D eigenvalue weighted by Crippen LogP contribution is -2.20. The molecule has 0 spiro atoms. The predicted octanol–water partition coefficient (Wildman–Crippen LogP) is 1.02. The molecular weight excluding hydrogens is 164 g/mol. The first-order valence-electron chi connectivity index (χ1n) is 3.10. The smallest absolute Gasteiger partial charge is 0.178 e. The van der Waals surface area contributed by atoms with Gasteiger partial charge in [-0.25, -0.2) is 15.0 Å². The summed E-state index contributed by atoms with van der Waals surface area (Å²) in [5.74, 6) is 0.569. The Balaban J connectivity index is 2.78. The van der Waals surface area contributed by atoms with Crippen LogP contribution in [0.2, 0.25) is 5.15 Å². The van der Waals surface area contributed by atoms with Crippen LogP contribution in [0.4, 0.5) is 5.82 Å². The molecule has 1 rings (SSSR count). The molecule has 0 saturated carbocycles. The quantitative estimate of drug-likeness (QED) is 0.677. The summed E-state index contributed by atoms with van der Waals surface area (Å²) in [5, 5.41) is 2.12. The Hall–Kier alpha value is -0.870. The van der Waals surface area contributed by atoms with E-state index in [1.165, 1.54) is 0 Å². The van der Waals surface area contributed by atoms with Gasteiger partial charge in [0.05, 0.1) is 0 Å². The molecule has 4 nitrogen and oxygen atoms in total.